The molecule has 0 saturated carbocycles. The smallest absolute Gasteiger partial charge is 0.239 e. The minimum atomic E-state index is -0.00149. The first-order chi connectivity index (χ1) is 14.1. The number of ether oxygens (including phenoxy) is 1. The number of carbonyl (C=O) groups is 1. The zero-order chi connectivity index (χ0) is 20.4. The van der Waals surface area contributed by atoms with Crippen LogP contribution in [-0.2, 0) is 16.1 Å². The maximum absolute atomic E-state index is 11.6. The molecule has 2 aromatic rings. The highest BCUT2D eigenvalue weighted by Gasteiger charge is 2.22. The van der Waals surface area contributed by atoms with Gasteiger partial charge in [0.05, 0.1) is 18.7 Å². The SMILES string of the molecule is CC(C)n1ncnc1-c1cn2c(n1)C(C=N)=C(/C=C/N1CCNC(=O)C1)OCC2. The summed E-state index contributed by atoms with van der Waals surface area (Å²) in [7, 11) is 0. The van der Waals surface area contributed by atoms with Crippen molar-refractivity contribution in [2.75, 3.05) is 26.2 Å². The van der Waals surface area contributed by atoms with Crippen molar-refractivity contribution in [2.45, 2.75) is 26.4 Å². The van der Waals surface area contributed by atoms with Crippen molar-refractivity contribution in [3.8, 4) is 11.5 Å². The number of rotatable bonds is 5. The number of hydrogen-bond donors (Lipinski definition) is 2. The van der Waals surface area contributed by atoms with Crippen LogP contribution in [0, 0.1) is 5.41 Å². The van der Waals surface area contributed by atoms with Crippen molar-refractivity contribution in [1.29, 1.82) is 5.41 Å². The Morgan fingerprint density at radius 2 is 2.17 bits per heavy atom. The summed E-state index contributed by atoms with van der Waals surface area (Å²) in [6.07, 6.45) is 8.35. The van der Waals surface area contributed by atoms with Gasteiger partial charge < -0.3 is 24.9 Å². The largest absolute Gasteiger partial charge is 0.491 e. The van der Waals surface area contributed by atoms with Crippen LogP contribution < -0.4 is 5.32 Å². The fourth-order valence-corrected chi connectivity index (χ4v) is 3.39. The van der Waals surface area contributed by atoms with Gasteiger partial charge in [0, 0.05) is 37.7 Å². The Kier molecular flexibility index (Phi) is 5.15. The number of fused-ring (bicyclic) bond motifs is 1. The first-order valence-electron chi connectivity index (χ1n) is 9.60. The van der Waals surface area contributed by atoms with E-state index in [1.807, 2.05) is 40.4 Å². The van der Waals surface area contributed by atoms with Gasteiger partial charge in [0.15, 0.2) is 5.82 Å². The van der Waals surface area contributed by atoms with Gasteiger partial charge >= 0.3 is 0 Å². The van der Waals surface area contributed by atoms with Gasteiger partial charge in [-0.05, 0) is 19.9 Å². The van der Waals surface area contributed by atoms with E-state index in [1.165, 1.54) is 12.5 Å². The van der Waals surface area contributed by atoms with Crippen molar-refractivity contribution in [2.24, 2.45) is 0 Å². The molecule has 2 N–H and O–H groups in total. The molecule has 10 heteroatoms. The summed E-state index contributed by atoms with van der Waals surface area (Å²) in [6.45, 7) is 6.81. The second-order valence-electron chi connectivity index (χ2n) is 7.17. The summed E-state index contributed by atoms with van der Waals surface area (Å²) in [4.78, 5) is 22.6. The number of amides is 1. The molecule has 2 aliphatic heterocycles. The summed E-state index contributed by atoms with van der Waals surface area (Å²) in [5.41, 5.74) is 1.30. The normalized spacial score (nSPS) is 17.3. The van der Waals surface area contributed by atoms with Gasteiger partial charge in [-0.25, -0.2) is 14.6 Å². The Hall–Kier alpha value is -3.43. The third kappa shape index (κ3) is 3.78. The quantitative estimate of drug-likeness (QED) is 0.731. The highest BCUT2D eigenvalue weighted by atomic mass is 16.5. The van der Waals surface area contributed by atoms with Crippen molar-refractivity contribution in [3.63, 3.8) is 0 Å². The van der Waals surface area contributed by atoms with E-state index in [2.05, 4.69) is 15.4 Å². The van der Waals surface area contributed by atoms with E-state index >= 15 is 0 Å². The maximum atomic E-state index is 11.6. The third-order valence-corrected chi connectivity index (χ3v) is 4.81. The van der Waals surface area contributed by atoms with Crippen LogP contribution in [0.5, 0.6) is 0 Å². The van der Waals surface area contributed by atoms with Crippen molar-refractivity contribution >= 4 is 17.7 Å². The molecule has 4 rings (SSSR count). The summed E-state index contributed by atoms with van der Waals surface area (Å²) in [5, 5.41) is 15.0. The molecule has 4 heterocycles. The number of nitrogens with zero attached hydrogens (tertiary/aromatic N) is 6. The molecule has 0 unspecified atom stereocenters. The van der Waals surface area contributed by atoms with Crippen LogP contribution in [0.25, 0.3) is 17.1 Å². The Morgan fingerprint density at radius 3 is 2.93 bits per heavy atom. The molecule has 152 valence electrons. The number of carbonyl (C=O) groups excluding carboxylic acids is 1. The highest BCUT2D eigenvalue weighted by molar-refractivity contribution is 6.08. The van der Waals surface area contributed by atoms with E-state index < -0.39 is 0 Å². The Morgan fingerprint density at radius 1 is 1.31 bits per heavy atom. The van der Waals surface area contributed by atoms with Gasteiger partial charge in [-0.2, -0.15) is 5.10 Å². The van der Waals surface area contributed by atoms with Crippen molar-refractivity contribution < 1.29 is 9.53 Å². The van der Waals surface area contributed by atoms with Gasteiger partial charge in [-0.1, -0.05) is 0 Å². The Balaban J connectivity index is 1.68. The number of allylic oxidation sites excluding steroid dienone is 2. The Labute approximate surface area is 168 Å². The predicted molar refractivity (Wildman–Crippen MR) is 107 cm³/mol. The highest BCUT2D eigenvalue weighted by Crippen LogP contribution is 2.26. The van der Waals surface area contributed by atoms with Gasteiger partial charge in [0.25, 0.3) is 0 Å². The van der Waals surface area contributed by atoms with Crippen molar-refractivity contribution in [1.82, 2.24) is 34.5 Å². The van der Waals surface area contributed by atoms with Gasteiger partial charge in [0.1, 0.15) is 30.2 Å². The zero-order valence-electron chi connectivity index (χ0n) is 16.5. The molecule has 0 spiro atoms. The maximum Gasteiger partial charge on any atom is 0.239 e. The number of aromatic nitrogens is 5. The molecule has 0 aliphatic carbocycles. The van der Waals surface area contributed by atoms with Gasteiger partial charge in [-0.3, -0.25) is 4.79 Å². The van der Waals surface area contributed by atoms with E-state index in [-0.39, 0.29) is 11.9 Å². The summed E-state index contributed by atoms with van der Waals surface area (Å²) < 4.78 is 9.68. The zero-order valence-corrected chi connectivity index (χ0v) is 16.5. The molecule has 0 aromatic carbocycles. The standard InChI is InChI=1S/C19H24N8O2/c1-13(2)27-19(22-12-23-27)15-10-26-7-8-29-16(14(9-20)18(26)24-15)3-5-25-6-4-21-17(28)11-25/h3,5,9-10,12-13,20H,4,6-8,11H2,1-2H3,(H,21,28)/b5-3+,20-9?. The molecule has 1 amide bonds. The second-order valence-corrected chi connectivity index (χ2v) is 7.17. The topological polar surface area (TPSA) is 114 Å². The summed E-state index contributed by atoms with van der Waals surface area (Å²) in [6, 6.07) is 0.162. The first-order valence-corrected chi connectivity index (χ1v) is 9.60. The van der Waals surface area contributed by atoms with E-state index in [9.17, 15) is 4.79 Å². The molecular weight excluding hydrogens is 372 g/mol. The van der Waals surface area contributed by atoms with E-state index in [4.69, 9.17) is 15.1 Å². The number of piperazine rings is 1. The number of imidazole rings is 1. The lowest BCUT2D eigenvalue weighted by molar-refractivity contribution is -0.123. The second kappa shape index (κ2) is 7.90. The molecule has 1 fully saturated rings. The lowest BCUT2D eigenvalue weighted by Gasteiger charge is -2.25. The average Bonchev–Trinajstić information content (AvgIpc) is 3.31. The third-order valence-electron chi connectivity index (χ3n) is 4.81. The van der Waals surface area contributed by atoms with Crippen LogP contribution in [0.4, 0.5) is 0 Å². The minimum absolute atomic E-state index is 0.00149. The minimum Gasteiger partial charge on any atom is -0.491 e. The van der Waals surface area contributed by atoms with E-state index in [0.29, 0.717) is 54.9 Å². The van der Waals surface area contributed by atoms with Crippen molar-refractivity contribution in [3.05, 3.63) is 36.4 Å². The molecule has 29 heavy (non-hydrogen) atoms. The lowest BCUT2D eigenvalue weighted by atomic mass is 10.2. The Bertz CT molecular complexity index is 984. The predicted octanol–water partition coefficient (Wildman–Crippen LogP) is 1.06. The number of hydrogen-bond acceptors (Lipinski definition) is 7. The fourth-order valence-electron chi connectivity index (χ4n) is 3.39. The molecule has 0 radical (unpaired) electrons. The van der Waals surface area contributed by atoms with E-state index in [1.54, 1.807) is 6.08 Å². The van der Waals surface area contributed by atoms with Crippen LogP contribution >= 0.6 is 0 Å². The van der Waals surface area contributed by atoms with E-state index in [0.717, 1.165) is 6.54 Å². The molecule has 0 atom stereocenters. The molecule has 2 aliphatic rings. The molecule has 0 bridgehead atoms. The van der Waals surface area contributed by atoms with Gasteiger partial charge in [-0.15, -0.1) is 0 Å². The molecule has 1 saturated heterocycles. The molecule has 10 nitrogen and oxygen atoms in total. The van der Waals surface area contributed by atoms with Crippen LogP contribution in [0.15, 0.2) is 30.6 Å². The fraction of sp³-hybridized carbons (Fsp3) is 0.421. The van der Waals surface area contributed by atoms with Crippen LogP contribution in [0.1, 0.15) is 25.7 Å². The summed E-state index contributed by atoms with van der Waals surface area (Å²) >= 11 is 0. The first kappa shape index (κ1) is 18.9. The molecular formula is C19H24N8O2. The summed E-state index contributed by atoms with van der Waals surface area (Å²) in [5.74, 6) is 1.91. The monoisotopic (exact) mass is 396 g/mol. The van der Waals surface area contributed by atoms with Crippen LogP contribution in [-0.4, -0.2) is 67.6 Å². The average molecular weight is 396 g/mol. The van der Waals surface area contributed by atoms with Crippen LogP contribution in [0.3, 0.4) is 0 Å². The van der Waals surface area contributed by atoms with Crippen LogP contribution in [0.2, 0.25) is 0 Å². The van der Waals surface area contributed by atoms with Gasteiger partial charge in [0.2, 0.25) is 5.91 Å². The molecule has 2 aromatic heterocycles. The number of nitrogens with one attached hydrogen (secondary N) is 2. The lowest BCUT2D eigenvalue weighted by Crippen LogP contribution is -2.45.